The molecule has 2 amide bonds. The number of aromatic hydroxyl groups is 1. The summed E-state index contributed by atoms with van der Waals surface area (Å²) in [5.74, 6) is -2.76. The SMILES string of the molecule is COc1cc(O)ccc1C1C2=CCC3C(=O)N(Cc4cccs4)C(=O)C3C2CC2=C1C(=O)C=C(Br)C2=O. The van der Waals surface area contributed by atoms with Crippen molar-refractivity contribution >= 4 is 50.6 Å². The van der Waals surface area contributed by atoms with Crippen molar-refractivity contribution in [3.05, 3.63) is 79.5 Å². The number of thiophene rings is 1. The number of phenols is 1. The van der Waals surface area contributed by atoms with Crippen LogP contribution in [0, 0.1) is 17.8 Å². The highest BCUT2D eigenvalue weighted by molar-refractivity contribution is 9.12. The smallest absolute Gasteiger partial charge is 0.234 e. The Hall–Kier alpha value is -3.30. The van der Waals surface area contributed by atoms with Crippen molar-refractivity contribution in [3.63, 3.8) is 0 Å². The molecule has 0 spiro atoms. The van der Waals surface area contributed by atoms with E-state index in [9.17, 15) is 24.3 Å². The quantitative estimate of drug-likeness (QED) is 0.327. The number of amides is 2. The standard InChI is InChI=1S/C28H22BrNO6S/c1-36-22-9-13(31)4-5-16(22)23-15-6-7-17-24(28(35)30(27(17)34)12-14-3-2-8-37-14)18(15)10-19-25(23)21(32)11-20(29)26(19)33/h2-6,8-9,11,17-18,23-24,31H,7,10,12H2,1H3. The molecule has 7 nitrogen and oxygen atoms in total. The largest absolute Gasteiger partial charge is 0.508 e. The van der Waals surface area contributed by atoms with E-state index in [1.54, 1.807) is 6.07 Å². The average Bonchev–Trinajstić information content (AvgIpc) is 3.49. The number of hydrogen-bond acceptors (Lipinski definition) is 7. The van der Waals surface area contributed by atoms with Crippen LogP contribution in [0.15, 0.2) is 69.1 Å². The van der Waals surface area contributed by atoms with Crippen LogP contribution in [0.4, 0.5) is 0 Å². The molecule has 37 heavy (non-hydrogen) atoms. The number of allylic oxidation sites excluding steroid dienone is 6. The third-order valence-electron chi connectivity index (χ3n) is 7.84. The minimum atomic E-state index is -0.632. The second kappa shape index (κ2) is 8.92. The Morgan fingerprint density at radius 2 is 1.95 bits per heavy atom. The minimum absolute atomic E-state index is 0.00863. The lowest BCUT2D eigenvalue weighted by atomic mass is 9.59. The Kier molecular flexibility index (Phi) is 5.80. The van der Waals surface area contributed by atoms with Gasteiger partial charge in [0.05, 0.1) is 30.0 Å². The van der Waals surface area contributed by atoms with Gasteiger partial charge in [-0.25, -0.2) is 0 Å². The highest BCUT2D eigenvalue weighted by Gasteiger charge is 2.56. The molecule has 1 aliphatic heterocycles. The van der Waals surface area contributed by atoms with Crippen molar-refractivity contribution in [3.8, 4) is 11.5 Å². The van der Waals surface area contributed by atoms with E-state index in [0.29, 0.717) is 28.9 Å². The first-order valence-electron chi connectivity index (χ1n) is 11.9. The number of imide groups is 1. The number of fused-ring (bicyclic) bond motifs is 3. The Bertz CT molecular complexity index is 1470. The fourth-order valence-electron chi connectivity index (χ4n) is 6.28. The van der Waals surface area contributed by atoms with Gasteiger partial charge in [0.2, 0.25) is 11.8 Å². The molecule has 2 heterocycles. The van der Waals surface area contributed by atoms with Gasteiger partial charge in [0, 0.05) is 39.6 Å². The molecule has 9 heteroatoms. The van der Waals surface area contributed by atoms with E-state index in [0.717, 1.165) is 10.5 Å². The molecule has 1 saturated heterocycles. The normalized spacial score (nSPS) is 27.0. The van der Waals surface area contributed by atoms with Crippen molar-refractivity contribution < 1.29 is 29.0 Å². The van der Waals surface area contributed by atoms with Crippen molar-refractivity contribution in [2.24, 2.45) is 17.8 Å². The number of hydrogen-bond donors (Lipinski definition) is 1. The van der Waals surface area contributed by atoms with Crippen LogP contribution in [0.25, 0.3) is 0 Å². The van der Waals surface area contributed by atoms with E-state index in [1.165, 1.54) is 41.6 Å². The molecule has 4 unspecified atom stereocenters. The summed E-state index contributed by atoms with van der Waals surface area (Å²) in [5, 5.41) is 12.0. The van der Waals surface area contributed by atoms with E-state index >= 15 is 0 Å². The number of likely N-dealkylation sites (tertiary alicyclic amines) is 1. The lowest BCUT2D eigenvalue weighted by molar-refractivity contribution is -0.140. The zero-order valence-electron chi connectivity index (χ0n) is 19.8. The number of methoxy groups -OCH3 is 1. The molecule has 4 atom stereocenters. The van der Waals surface area contributed by atoms with E-state index in [2.05, 4.69) is 15.9 Å². The van der Waals surface area contributed by atoms with Crippen molar-refractivity contribution in [1.29, 1.82) is 0 Å². The third kappa shape index (κ3) is 3.67. The zero-order chi connectivity index (χ0) is 26.0. The van der Waals surface area contributed by atoms with E-state index in [1.807, 2.05) is 23.6 Å². The molecule has 1 N–H and O–H groups in total. The second-order valence-electron chi connectivity index (χ2n) is 9.66. The van der Waals surface area contributed by atoms with Crippen LogP contribution >= 0.6 is 27.3 Å². The topological polar surface area (TPSA) is 101 Å². The monoisotopic (exact) mass is 579 g/mol. The van der Waals surface area contributed by atoms with Gasteiger partial charge in [-0.15, -0.1) is 11.3 Å². The summed E-state index contributed by atoms with van der Waals surface area (Å²) in [6, 6.07) is 8.47. The fraction of sp³-hybridized carbons (Fsp3) is 0.286. The number of nitrogens with zero attached hydrogens (tertiary/aromatic N) is 1. The number of phenolic OH excluding ortho intramolecular Hbond substituents is 1. The van der Waals surface area contributed by atoms with E-state index in [-0.39, 0.29) is 46.6 Å². The van der Waals surface area contributed by atoms with Gasteiger partial charge in [0.1, 0.15) is 11.5 Å². The maximum absolute atomic E-state index is 13.7. The number of ether oxygens (including phenoxy) is 1. The van der Waals surface area contributed by atoms with Crippen LogP contribution < -0.4 is 4.74 Å². The maximum Gasteiger partial charge on any atom is 0.234 e. The van der Waals surface area contributed by atoms with E-state index < -0.39 is 23.7 Å². The Labute approximate surface area is 225 Å². The Balaban J connectivity index is 1.48. The first-order chi connectivity index (χ1) is 17.8. The molecule has 2 aromatic rings. The number of rotatable bonds is 4. The highest BCUT2D eigenvalue weighted by Crippen LogP contribution is 2.56. The first-order valence-corrected chi connectivity index (χ1v) is 13.6. The molecule has 4 aliphatic rings. The summed E-state index contributed by atoms with van der Waals surface area (Å²) >= 11 is 4.73. The predicted molar refractivity (Wildman–Crippen MR) is 139 cm³/mol. The Morgan fingerprint density at radius 1 is 1.14 bits per heavy atom. The van der Waals surface area contributed by atoms with Crippen molar-refractivity contribution in [2.75, 3.05) is 7.11 Å². The Morgan fingerprint density at radius 3 is 2.68 bits per heavy atom. The van der Waals surface area contributed by atoms with Gasteiger partial charge in [0.15, 0.2) is 11.6 Å². The molecule has 0 radical (unpaired) electrons. The molecule has 0 saturated carbocycles. The molecule has 6 rings (SSSR count). The molecule has 0 bridgehead atoms. The summed E-state index contributed by atoms with van der Waals surface area (Å²) in [5.41, 5.74) is 2.20. The average molecular weight is 580 g/mol. The van der Waals surface area contributed by atoms with E-state index in [4.69, 9.17) is 4.74 Å². The molecule has 1 fully saturated rings. The number of Topliss-reactive ketones (excluding diaryl/α,β-unsaturated/α-hetero) is 1. The highest BCUT2D eigenvalue weighted by atomic mass is 79.9. The lowest BCUT2D eigenvalue weighted by Gasteiger charge is -2.42. The van der Waals surface area contributed by atoms with Gasteiger partial charge in [0.25, 0.3) is 0 Å². The molecule has 1 aromatic heterocycles. The van der Waals surface area contributed by atoms with Gasteiger partial charge in [-0.05, 0) is 52.2 Å². The van der Waals surface area contributed by atoms with Gasteiger partial charge >= 0.3 is 0 Å². The molecule has 188 valence electrons. The molecular weight excluding hydrogens is 558 g/mol. The third-order valence-corrected chi connectivity index (χ3v) is 9.29. The lowest BCUT2D eigenvalue weighted by Crippen LogP contribution is -2.39. The van der Waals surface area contributed by atoms with Gasteiger partial charge in [-0.2, -0.15) is 0 Å². The molecule has 3 aliphatic carbocycles. The maximum atomic E-state index is 13.7. The van der Waals surface area contributed by atoms with Crippen LogP contribution in [0.5, 0.6) is 11.5 Å². The van der Waals surface area contributed by atoms with Crippen molar-refractivity contribution in [1.82, 2.24) is 4.90 Å². The summed E-state index contributed by atoms with van der Waals surface area (Å²) in [6.45, 7) is 0.235. The van der Waals surface area contributed by atoms with Crippen LogP contribution in [0.2, 0.25) is 0 Å². The summed E-state index contributed by atoms with van der Waals surface area (Å²) < 4.78 is 5.74. The summed E-state index contributed by atoms with van der Waals surface area (Å²) in [4.78, 5) is 56.0. The number of carbonyl (C=O) groups is 4. The van der Waals surface area contributed by atoms with Crippen molar-refractivity contribution in [2.45, 2.75) is 25.3 Å². The fourth-order valence-corrected chi connectivity index (χ4v) is 7.42. The van der Waals surface area contributed by atoms with Crippen LogP contribution in [-0.2, 0) is 25.7 Å². The number of carbonyl (C=O) groups excluding carboxylic acids is 4. The van der Waals surface area contributed by atoms with Gasteiger partial charge in [-0.1, -0.05) is 23.8 Å². The van der Waals surface area contributed by atoms with Crippen LogP contribution in [0.1, 0.15) is 29.2 Å². The minimum Gasteiger partial charge on any atom is -0.508 e. The summed E-state index contributed by atoms with van der Waals surface area (Å²) in [7, 11) is 1.48. The van der Waals surface area contributed by atoms with Crippen LogP contribution in [0.3, 0.4) is 0 Å². The number of benzene rings is 1. The van der Waals surface area contributed by atoms with Gasteiger partial charge < -0.3 is 9.84 Å². The molecular formula is C28H22BrNO6S. The predicted octanol–water partition coefficient (Wildman–Crippen LogP) is 4.42. The number of ketones is 2. The van der Waals surface area contributed by atoms with Gasteiger partial charge in [-0.3, -0.25) is 24.1 Å². The first kappa shape index (κ1) is 24.1. The zero-order valence-corrected chi connectivity index (χ0v) is 22.2. The molecule has 1 aromatic carbocycles. The number of halogens is 1. The summed E-state index contributed by atoms with van der Waals surface area (Å²) in [6.07, 6.45) is 3.85. The van der Waals surface area contributed by atoms with Crippen LogP contribution in [-0.4, -0.2) is 40.5 Å². The second-order valence-corrected chi connectivity index (χ2v) is 11.5.